The first kappa shape index (κ1) is 14.7. The molecule has 1 atom stereocenters. The molecule has 0 amide bonds. The van der Waals surface area contributed by atoms with E-state index in [2.05, 4.69) is 29.4 Å². The molecular formula is C16H19ClN2O. The Balaban J connectivity index is 2.24. The highest BCUT2D eigenvalue weighted by molar-refractivity contribution is 6.18. The largest absolute Gasteiger partial charge is 0.478 e. The van der Waals surface area contributed by atoms with Crippen molar-refractivity contribution >= 4 is 17.4 Å². The molecule has 0 fully saturated rings. The molecule has 1 N–H and O–H groups in total. The van der Waals surface area contributed by atoms with Crippen LogP contribution in [0.5, 0.6) is 5.88 Å². The average molecular weight is 291 g/mol. The van der Waals surface area contributed by atoms with Gasteiger partial charge >= 0.3 is 0 Å². The zero-order valence-corrected chi connectivity index (χ0v) is 12.5. The standard InChI is InChI=1S/C16H19ClN2O/c1-3-20-15-11-7-10-14(18-15)19-16(2,12-17)13-8-5-4-6-9-13/h4-11H,3,12H2,1-2H3,(H,18,19). The Morgan fingerprint density at radius 3 is 2.55 bits per heavy atom. The summed E-state index contributed by atoms with van der Waals surface area (Å²) < 4.78 is 5.42. The predicted octanol–water partition coefficient (Wildman–Crippen LogP) is 4.05. The summed E-state index contributed by atoms with van der Waals surface area (Å²) in [6.45, 7) is 4.60. The number of halogens is 1. The lowest BCUT2D eigenvalue weighted by atomic mass is 9.94. The normalized spacial score (nSPS) is 13.6. The van der Waals surface area contributed by atoms with E-state index in [-0.39, 0.29) is 5.54 Å². The van der Waals surface area contributed by atoms with Gasteiger partial charge in [-0.1, -0.05) is 36.4 Å². The zero-order valence-electron chi connectivity index (χ0n) is 11.8. The average Bonchev–Trinajstić information content (AvgIpc) is 2.49. The van der Waals surface area contributed by atoms with E-state index in [9.17, 15) is 0 Å². The number of benzene rings is 1. The number of nitrogens with zero attached hydrogens (tertiary/aromatic N) is 1. The highest BCUT2D eigenvalue weighted by atomic mass is 35.5. The Labute approximate surface area is 124 Å². The fraction of sp³-hybridized carbons (Fsp3) is 0.312. The third-order valence-corrected chi connectivity index (χ3v) is 3.63. The van der Waals surface area contributed by atoms with E-state index in [4.69, 9.17) is 16.3 Å². The fourth-order valence-electron chi connectivity index (χ4n) is 1.98. The summed E-state index contributed by atoms with van der Waals surface area (Å²) in [4.78, 5) is 4.43. The van der Waals surface area contributed by atoms with Crippen LogP contribution in [0.15, 0.2) is 48.5 Å². The van der Waals surface area contributed by atoms with Gasteiger partial charge in [0.05, 0.1) is 12.1 Å². The molecule has 0 bridgehead atoms. The molecule has 0 aliphatic carbocycles. The van der Waals surface area contributed by atoms with Crippen LogP contribution in [0.25, 0.3) is 0 Å². The number of ether oxygens (including phenoxy) is 1. The van der Waals surface area contributed by atoms with Crippen LogP contribution in [0.4, 0.5) is 5.82 Å². The molecular weight excluding hydrogens is 272 g/mol. The number of pyridine rings is 1. The van der Waals surface area contributed by atoms with E-state index < -0.39 is 0 Å². The van der Waals surface area contributed by atoms with Gasteiger partial charge in [-0.15, -0.1) is 11.6 Å². The van der Waals surface area contributed by atoms with Crippen molar-refractivity contribution in [2.75, 3.05) is 17.8 Å². The third-order valence-electron chi connectivity index (χ3n) is 3.10. The molecule has 3 nitrogen and oxygen atoms in total. The molecule has 1 aromatic heterocycles. The van der Waals surface area contributed by atoms with E-state index in [1.807, 2.05) is 43.3 Å². The molecule has 1 unspecified atom stereocenters. The Kier molecular flexibility index (Phi) is 4.85. The number of hydrogen-bond donors (Lipinski definition) is 1. The summed E-state index contributed by atoms with van der Waals surface area (Å²) in [5.74, 6) is 1.81. The van der Waals surface area contributed by atoms with Crippen LogP contribution in [0.1, 0.15) is 19.4 Å². The molecule has 0 saturated carbocycles. The van der Waals surface area contributed by atoms with Gasteiger partial charge in [0.25, 0.3) is 0 Å². The Bertz CT molecular complexity index is 547. The van der Waals surface area contributed by atoms with Crippen molar-refractivity contribution in [2.45, 2.75) is 19.4 Å². The SMILES string of the molecule is CCOc1cccc(NC(C)(CCl)c2ccccc2)n1. The van der Waals surface area contributed by atoms with Crippen LogP contribution < -0.4 is 10.1 Å². The number of aromatic nitrogens is 1. The second-order valence-electron chi connectivity index (χ2n) is 4.75. The van der Waals surface area contributed by atoms with E-state index in [0.717, 1.165) is 11.4 Å². The van der Waals surface area contributed by atoms with E-state index >= 15 is 0 Å². The maximum atomic E-state index is 6.17. The van der Waals surface area contributed by atoms with E-state index in [1.54, 1.807) is 0 Å². The van der Waals surface area contributed by atoms with Crippen molar-refractivity contribution in [3.8, 4) is 5.88 Å². The smallest absolute Gasteiger partial charge is 0.215 e. The second-order valence-corrected chi connectivity index (χ2v) is 5.02. The van der Waals surface area contributed by atoms with Crippen molar-refractivity contribution in [3.05, 3.63) is 54.1 Å². The molecule has 106 valence electrons. The number of nitrogens with one attached hydrogen (secondary N) is 1. The molecule has 2 aromatic rings. The number of hydrogen-bond acceptors (Lipinski definition) is 3. The molecule has 0 aliphatic rings. The number of anilines is 1. The third kappa shape index (κ3) is 3.42. The van der Waals surface area contributed by atoms with Gasteiger partial charge in [-0.05, 0) is 25.5 Å². The maximum Gasteiger partial charge on any atom is 0.215 e. The van der Waals surface area contributed by atoms with Crippen molar-refractivity contribution in [3.63, 3.8) is 0 Å². The molecule has 0 saturated heterocycles. The van der Waals surface area contributed by atoms with Gasteiger partial charge in [0.15, 0.2) is 0 Å². The summed E-state index contributed by atoms with van der Waals surface area (Å²) in [6.07, 6.45) is 0. The monoisotopic (exact) mass is 290 g/mol. The summed E-state index contributed by atoms with van der Waals surface area (Å²) in [7, 11) is 0. The maximum absolute atomic E-state index is 6.17. The van der Waals surface area contributed by atoms with Crippen LogP contribution in [-0.2, 0) is 5.54 Å². The Hall–Kier alpha value is -1.74. The van der Waals surface area contributed by atoms with Gasteiger partial charge < -0.3 is 10.1 Å². The Morgan fingerprint density at radius 2 is 1.90 bits per heavy atom. The first-order valence-corrected chi connectivity index (χ1v) is 7.21. The highest BCUT2D eigenvalue weighted by Gasteiger charge is 2.25. The highest BCUT2D eigenvalue weighted by Crippen LogP contribution is 2.27. The fourth-order valence-corrected chi connectivity index (χ4v) is 2.21. The molecule has 4 heteroatoms. The summed E-state index contributed by atoms with van der Waals surface area (Å²) in [5.41, 5.74) is 0.749. The first-order valence-electron chi connectivity index (χ1n) is 6.67. The van der Waals surface area contributed by atoms with Crippen molar-refractivity contribution in [2.24, 2.45) is 0 Å². The van der Waals surface area contributed by atoms with Gasteiger partial charge in [0.2, 0.25) is 5.88 Å². The molecule has 20 heavy (non-hydrogen) atoms. The summed E-state index contributed by atoms with van der Waals surface area (Å²) >= 11 is 6.17. The van der Waals surface area contributed by atoms with Crippen molar-refractivity contribution in [1.29, 1.82) is 0 Å². The van der Waals surface area contributed by atoms with Crippen LogP contribution in [0, 0.1) is 0 Å². The minimum atomic E-state index is -0.374. The van der Waals surface area contributed by atoms with Gasteiger partial charge in [-0.25, -0.2) is 0 Å². The first-order chi connectivity index (χ1) is 9.68. The van der Waals surface area contributed by atoms with Crippen LogP contribution in [0.3, 0.4) is 0 Å². The van der Waals surface area contributed by atoms with Gasteiger partial charge in [-0.2, -0.15) is 4.98 Å². The van der Waals surface area contributed by atoms with Gasteiger partial charge in [0.1, 0.15) is 5.82 Å². The quantitative estimate of drug-likeness (QED) is 0.815. The van der Waals surface area contributed by atoms with Crippen LogP contribution >= 0.6 is 11.6 Å². The van der Waals surface area contributed by atoms with Crippen molar-refractivity contribution < 1.29 is 4.74 Å². The number of alkyl halides is 1. The van der Waals surface area contributed by atoms with Gasteiger partial charge in [-0.3, -0.25) is 0 Å². The lowest BCUT2D eigenvalue weighted by molar-refractivity contribution is 0.327. The molecule has 2 rings (SSSR count). The predicted molar refractivity (Wildman–Crippen MR) is 83.5 cm³/mol. The summed E-state index contributed by atoms with van der Waals surface area (Å²) in [5, 5.41) is 3.40. The number of rotatable bonds is 6. The molecule has 0 spiro atoms. The van der Waals surface area contributed by atoms with Crippen molar-refractivity contribution in [1.82, 2.24) is 4.98 Å². The molecule has 1 aromatic carbocycles. The molecule has 0 aliphatic heterocycles. The Morgan fingerprint density at radius 1 is 1.15 bits per heavy atom. The molecule has 0 radical (unpaired) electrons. The zero-order chi connectivity index (χ0) is 14.4. The topological polar surface area (TPSA) is 34.1 Å². The van der Waals surface area contributed by atoms with E-state index in [0.29, 0.717) is 18.4 Å². The van der Waals surface area contributed by atoms with Gasteiger partial charge in [0, 0.05) is 11.9 Å². The minimum absolute atomic E-state index is 0.374. The summed E-state index contributed by atoms with van der Waals surface area (Å²) in [6, 6.07) is 15.8. The molecule has 1 heterocycles. The second kappa shape index (κ2) is 6.62. The lowest BCUT2D eigenvalue weighted by Gasteiger charge is -2.30. The van der Waals surface area contributed by atoms with E-state index in [1.165, 1.54) is 0 Å². The van der Waals surface area contributed by atoms with Crippen LogP contribution in [-0.4, -0.2) is 17.5 Å². The lowest BCUT2D eigenvalue weighted by Crippen LogP contribution is -2.34. The van der Waals surface area contributed by atoms with Crippen LogP contribution in [0.2, 0.25) is 0 Å². The minimum Gasteiger partial charge on any atom is -0.478 e.